The first-order valence-corrected chi connectivity index (χ1v) is 12.6. The van der Waals surface area contributed by atoms with Gasteiger partial charge in [0.25, 0.3) is 5.91 Å². The van der Waals surface area contributed by atoms with Crippen molar-refractivity contribution in [2.75, 3.05) is 6.61 Å². The Morgan fingerprint density at radius 2 is 1.89 bits per heavy atom. The number of amides is 1. The van der Waals surface area contributed by atoms with Crippen LogP contribution in [0.25, 0.3) is 22.0 Å². The lowest BCUT2D eigenvalue weighted by molar-refractivity contribution is 0.0929. The second-order valence-corrected chi connectivity index (χ2v) is 9.45. The van der Waals surface area contributed by atoms with Gasteiger partial charge in [-0.25, -0.2) is 4.98 Å². The fraction of sp³-hybridized carbons (Fsp3) is 0.321. The Bertz CT molecular complexity index is 1330. The molecule has 1 saturated carbocycles. The summed E-state index contributed by atoms with van der Waals surface area (Å²) in [5.41, 5.74) is 4.61. The van der Waals surface area contributed by atoms with Gasteiger partial charge in [-0.3, -0.25) is 9.48 Å². The molecule has 1 N–H and O–H groups in total. The van der Waals surface area contributed by atoms with E-state index in [0.29, 0.717) is 29.6 Å². The number of nitrogens with zero attached hydrogens (tertiary/aromatic N) is 3. The molecule has 1 fully saturated rings. The molecule has 2 heterocycles. The molecule has 0 bridgehead atoms. The summed E-state index contributed by atoms with van der Waals surface area (Å²) in [7, 11) is 0. The summed E-state index contributed by atoms with van der Waals surface area (Å²) >= 11 is 6.36. The van der Waals surface area contributed by atoms with Crippen molar-refractivity contribution in [3.63, 3.8) is 0 Å². The quantitative estimate of drug-likeness (QED) is 0.333. The smallest absolute Gasteiger partial charge is 0.253 e. The molecule has 2 aromatic carbocycles. The Morgan fingerprint density at radius 1 is 1.09 bits per heavy atom. The molecule has 4 aromatic rings. The average Bonchev–Trinajstić information content (AvgIpc) is 3.27. The highest BCUT2D eigenvalue weighted by atomic mass is 35.5. The highest BCUT2D eigenvalue weighted by Gasteiger charge is 2.21. The van der Waals surface area contributed by atoms with E-state index in [0.717, 1.165) is 53.3 Å². The molecule has 180 valence electrons. The molecule has 0 spiro atoms. The number of benzene rings is 2. The Labute approximate surface area is 210 Å². The number of pyridine rings is 1. The van der Waals surface area contributed by atoms with Gasteiger partial charge in [-0.1, -0.05) is 55.1 Å². The van der Waals surface area contributed by atoms with Gasteiger partial charge < -0.3 is 10.1 Å². The van der Waals surface area contributed by atoms with E-state index < -0.39 is 0 Å². The zero-order valence-corrected chi connectivity index (χ0v) is 20.6. The maximum Gasteiger partial charge on any atom is 0.253 e. The molecule has 1 aliphatic rings. The van der Waals surface area contributed by atoms with Crippen molar-refractivity contribution in [2.45, 2.75) is 51.6 Å². The highest BCUT2D eigenvalue weighted by Crippen LogP contribution is 2.27. The van der Waals surface area contributed by atoms with Crippen LogP contribution in [0.4, 0.5) is 0 Å². The number of hydrogen-bond acceptors (Lipinski definition) is 4. The summed E-state index contributed by atoms with van der Waals surface area (Å²) in [6, 6.07) is 16.1. The third-order valence-electron chi connectivity index (χ3n) is 6.53. The average molecular weight is 489 g/mol. The number of aromatic nitrogens is 3. The van der Waals surface area contributed by atoms with Crippen LogP contribution in [0.2, 0.25) is 5.02 Å². The molecule has 1 amide bonds. The van der Waals surface area contributed by atoms with Gasteiger partial charge in [0, 0.05) is 28.7 Å². The third-order valence-corrected chi connectivity index (χ3v) is 6.75. The van der Waals surface area contributed by atoms with E-state index in [1.54, 1.807) is 18.5 Å². The van der Waals surface area contributed by atoms with Crippen LogP contribution in [0, 0.1) is 0 Å². The summed E-state index contributed by atoms with van der Waals surface area (Å²) in [6.07, 6.45) is 9.17. The molecule has 7 heteroatoms. The molecular weight excluding hydrogens is 460 g/mol. The second-order valence-electron chi connectivity index (χ2n) is 9.01. The fourth-order valence-corrected chi connectivity index (χ4v) is 5.02. The van der Waals surface area contributed by atoms with E-state index >= 15 is 0 Å². The standard InChI is InChI=1S/C28H29ClN4O2/c1-2-35-26-15-21(12-13-30-26)20-10-8-19(9-11-20)18-33-27-22(17-31-33)14-23(29)16-25(27)28(34)32-24-6-4-3-5-7-24/h8-17,24H,2-7,18H2,1H3,(H,32,34). The molecule has 0 atom stereocenters. The van der Waals surface area contributed by atoms with Crippen molar-refractivity contribution < 1.29 is 9.53 Å². The molecule has 6 nitrogen and oxygen atoms in total. The van der Waals surface area contributed by atoms with Crippen molar-refractivity contribution in [1.29, 1.82) is 0 Å². The van der Waals surface area contributed by atoms with Crippen LogP contribution in [0.5, 0.6) is 5.88 Å². The number of carbonyl (C=O) groups is 1. The lowest BCUT2D eigenvalue weighted by Gasteiger charge is -2.23. The van der Waals surface area contributed by atoms with Crippen LogP contribution in [-0.2, 0) is 6.54 Å². The van der Waals surface area contributed by atoms with Crippen molar-refractivity contribution in [3.05, 3.63) is 77.1 Å². The minimum absolute atomic E-state index is 0.0794. The number of rotatable bonds is 7. The molecule has 35 heavy (non-hydrogen) atoms. The first-order valence-electron chi connectivity index (χ1n) is 12.2. The van der Waals surface area contributed by atoms with Gasteiger partial charge >= 0.3 is 0 Å². The minimum atomic E-state index is -0.0794. The van der Waals surface area contributed by atoms with Crippen LogP contribution in [0.15, 0.2) is 60.9 Å². The summed E-state index contributed by atoms with van der Waals surface area (Å²) in [5, 5.41) is 9.21. The SMILES string of the molecule is CCOc1cc(-c2ccc(Cn3ncc4cc(Cl)cc(C(=O)NC5CCCCC5)c43)cc2)ccn1. The molecule has 0 saturated heterocycles. The van der Waals surface area contributed by atoms with E-state index in [1.165, 1.54) is 6.42 Å². The number of hydrogen-bond donors (Lipinski definition) is 1. The number of fused-ring (bicyclic) bond motifs is 1. The van der Waals surface area contributed by atoms with Gasteiger partial charge in [-0.15, -0.1) is 0 Å². The van der Waals surface area contributed by atoms with Crippen LogP contribution in [0.3, 0.4) is 0 Å². The summed E-state index contributed by atoms with van der Waals surface area (Å²) < 4.78 is 7.41. The second kappa shape index (κ2) is 10.5. The van der Waals surface area contributed by atoms with Gasteiger partial charge in [0.15, 0.2) is 0 Å². The van der Waals surface area contributed by atoms with Crippen molar-refractivity contribution in [3.8, 4) is 17.0 Å². The molecule has 5 rings (SSSR count). The van der Waals surface area contributed by atoms with E-state index in [9.17, 15) is 4.79 Å². The Hall–Kier alpha value is -3.38. The zero-order valence-electron chi connectivity index (χ0n) is 19.8. The Morgan fingerprint density at radius 3 is 2.66 bits per heavy atom. The molecular formula is C28H29ClN4O2. The van der Waals surface area contributed by atoms with Crippen molar-refractivity contribution in [2.24, 2.45) is 0 Å². The van der Waals surface area contributed by atoms with E-state index in [1.807, 2.05) is 29.8 Å². The lowest BCUT2D eigenvalue weighted by Crippen LogP contribution is -2.36. The molecule has 0 unspecified atom stereocenters. The van der Waals surface area contributed by atoms with Crippen molar-refractivity contribution >= 4 is 28.4 Å². The maximum absolute atomic E-state index is 13.2. The van der Waals surface area contributed by atoms with Gasteiger partial charge in [-0.2, -0.15) is 5.10 Å². The van der Waals surface area contributed by atoms with Crippen LogP contribution in [0.1, 0.15) is 54.9 Å². The summed E-state index contributed by atoms with van der Waals surface area (Å²) in [6.45, 7) is 3.08. The van der Waals surface area contributed by atoms with Crippen LogP contribution >= 0.6 is 11.6 Å². The van der Waals surface area contributed by atoms with Gasteiger partial charge in [0.1, 0.15) is 0 Å². The lowest BCUT2D eigenvalue weighted by atomic mass is 9.95. The molecule has 2 aromatic heterocycles. The third kappa shape index (κ3) is 5.33. The van der Waals surface area contributed by atoms with Gasteiger partial charge in [-0.05, 0) is 54.7 Å². The summed E-state index contributed by atoms with van der Waals surface area (Å²) in [4.78, 5) is 17.5. The molecule has 0 radical (unpaired) electrons. The van der Waals surface area contributed by atoms with Gasteiger partial charge in [0.2, 0.25) is 5.88 Å². The minimum Gasteiger partial charge on any atom is -0.478 e. The largest absolute Gasteiger partial charge is 0.478 e. The number of halogens is 1. The normalized spacial score (nSPS) is 14.2. The topological polar surface area (TPSA) is 69.0 Å². The number of carbonyl (C=O) groups excluding carboxylic acids is 1. The van der Waals surface area contributed by atoms with E-state index in [4.69, 9.17) is 16.3 Å². The highest BCUT2D eigenvalue weighted by molar-refractivity contribution is 6.32. The van der Waals surface area contributed by atoms with E-state index in [-0.39, 0.29) is 11.9 Å². The van der Waals surface area contributed by atoms with Gasteiger partial charge in [0.05, 0.1) is 30.4 Å². The Kier molecular flexibility index (Phi) is 7.00. The monoisotopic (exact) mass is 488 g/mol. The maximum atomic E-state index is 13.2. The number of nitrogens with one attached hydrogen (secondary N) is 1. The first-order chi connectivity index (χ1) is 17.1. The molecule has 0 aliphatic heterocycles. The van der Waals surface area contributed by atoms with Crippen LogP contribution in [-0.4, -0.2) is 33.3 Å². The predicted octanol–water partition coefficient (Wildman–Crippen LogP) is 6.26. The Balaban J connectivity index is 1.39. The zero-order chi connectivity index (χ0) is 24.2. The first kappa shape index (κ1) is 23.4. The fourth-order valence-electron chi connectivity index (χ4n) is 4.79. The predicted molar refractivity (Wildman–Crippen MR) is 139 cm³/mol. The number of ether oxygens (including phenoxy) is 1. The summed E-state index contributed by atoms with van der Waals surface area (Å²) in [5.74, 6) is 0.541. The van der Waals surface area contributed by atoms with Crippen LogP contribution < -0.4 is 10.1 Å². The van der Waals surface area contributed by atoms with Crippen molar-refractivity contribution in [1.82, 2.24) is 20.1 Å². The molecule has 1 aliphatic carbocycles. The van der Waals surface area contributed by atoms with E-state index in [2.05, 4.69) is 39.7 Å².